The van der Waals surface area contributed by atoms with Gasteiger partial charge in [-0.1, -0.05) is 86.6 Å². The molecule has 200 valence electrons. The van der Waals surface area contributed by atoms with E-state index in [2.05, 4.69) is 25.8 Å². The van der Waals surface area contributed by atoms with Crippen molar-refractivity contribution >= 4 is 33.4 Å². The van der Waals surface area contributed by atoms with Gasteiger partial charge in [0.2, 0.25) is 0 Å². The first-order valence-electron chi connectivity index (χ1n) is 13.4. The Morgan fingerprint density at radius 3 is 1.94 bits per heavy atom. The number of hydrogen-bond donors (Lipinski definition) is 1. The van der Waals surface area contributed by atoms with E-state index in [4.69, 9.17) is 4.74 Å². The van der Waals surface area contributed by atoms with E-state index in [1.807, 2.05) is 11.9 Å². The van der Waals surface area contributed by atoms with Crippen LogP contribution in [0.15, 0.2) is 9.59 Å². The summed E-state index contributed by atoms with van der Waals surface area (Å²) in [5.41, 5.74) is -0.0591. The number of aromatic amines is 1. The average Bonchev–Trinajstić information content (AvgIpc) is 3.15. The Labute approximate surface area is 218 Å². The molecular formula is C26H45BrN4O4. The molecule has 1 N–H and O–H groups in total. The molecule has 2 rings (SSSR count). The van der Waals surface area contributed by atoms with Crippen LogP contribution in [0.25, 0.3) is 0 Å². The molecule has 1 aliphatic heterocycles. The van der Waals surface area contributed by atoms with Crippen molar-refractivity contribution in [3.63, 3.8) is 0 Å². The van der Waals surface area contributed by atoms with Crippen molar-refractivity contribution in [1.82, 2.24) is 9.55 Å². The minimum atomic E-state index is -0.353. The maximum Gasteiger partial charge on any atom is 0.329 e. The number of esters is 1. The van der Waals surface area contributed by atoms with Gasteiger partial charge in [-0.15, -0.1) is 0 Å². The molecule has 1 aromatic rings. The lowest BCUT2D eigenvalue weighted by Gasteiger charge is -2.20. The lowest BCUT2D eigenvalue weighted by atomic mass is 10.0. The van der Waals surface area contributed by atoms with Crippen LogP contribution in [-0.4, -0.2) is 47.2 Å². The first kappa shape index (κ1) is 29.5. The highest BCUT2D eigenvalue weighted by molar-refractivity contribution is 9.09. The summed E-state index contributed by atoms with van der Waals surface area (Å²) >= 11 is 3.41. The second kappa shape index (κ2) is 16.1. The molecule has 0 radical (unpaired) electrons. The van der Waals surface area contributed by atoms with Gasteiger partial charge in [-0.25, -0.2) is 4.79 Å². The predicted molar refractivity (Wildman–Crippen MR) is 147 cm³/mol. The Kier molecular flexibility index (Phi) is 13.5. The molecule has 0 aromatic carbocycles. The molecule has 1 unspecified atom stereocenters. The highest BCUT2D eigenvalue weighted by Crippen LogP contribution is 2.29. The van der Waals surface area contributed by atoms with E-state index in [1.54, 1.807) is 11.6 Å². The smallest absolute Gasteiger partial charge is 0.329 e. The van der Waals surface area contributed by atoms with Crippen LogP contribution < -0.4 is 21.0 Å². The van der Waals surface area contributed by atoms with Gasteiger partial charge in [-0.3, -0.25) is 19.1 Å². The molecule has 35 heavy (non-hydrogen) atoms. The summed E-state index contributed by atoms with van der Waals surface area (Å²) < 4.78 is 6.80. The fourth-order valence-electron chi connectivity index (χ4n) is 4.89. The van der Waals surface area contributed by atoms with Gasteiger partial charge in [0.1, 0.15) is 17.6 Å². The van der Waals surface area contributed by atoms with Crippen molar-refractivity contribution < 1.29 is 9.53 Å². The van der Waals surface area contributed by atoms with Gasteiger partial charge in [0, 0.05) is 32.9 Å². The van der Waals surface area contributed by atoms with E-state index >= 15 is 0 Å². The Balaban J connectivity index is 1.43. The molecule has 0 spiro atoms. The number of alkyl halides is 1. The van der Waals surface area contributed by atoms with E-state index in [0.29, 0.717) is 12.4 Å². The third kappa shape index (κ3) is 10.0. The highest BCUT2D eigenvalue weighted by atomic mass is 79.9. The Hall–Kier alpha value is -1.77. The maximum absolute atomic E-state index is 12.2. The number of H-pyrrole nitrogens is 1. The molecule has 0 amide bonds. The number of carbonyl (C=O) groups is 1. The summed E-state index contributed by atoms with van der Waals surface area (Å²) in [5, 5.41) is 0.724. The van der Waals surface area contributed by atoms with Gasteiger partial charge in [-0.2, -0.15) is 0 Å². The second-order valence-corrected chi connectivity index (χ2v) is 10.5. The van der Waals surface area contributed by atoms with E-state index in [1.165, 1.54) is 77.6 Å². The van der Waals surface area contributed by atoms with Crippen LogP contribution in [-0.2, 0) is 16.6 Å². The van der Waals surface area contributed by atoms with E-state index in [0.717, 1.165) is 37.0 Å². The van der Waals surface area contributed by atoms with E-state index in [-0.39, 0.29) is 23.3 Å². The minimum absolute atomic E-state index is 0.0205. The molecule has 0 fully saturated rings. The summed E-state index contributed by atoms with van der Waals surface area (Å²) in [4.78, 5) is 41.6. The third-order valence-electron chi connectivity index (χ3n) is 6.79. The van der Waals surface area contributed by atoms with Crippen molar-refractivity contribution in [2.45, 2.75) is 103 Å². The number of hydrogen-bond acceptors (Lipinski definition) is 6. The van der Waals surface area contributed by atoms with Crippen LogP contribution in [0.4, 0.5) is 11.5 Å². The van der Waals surface area contributed by atoms with Crippen LogP contribution >= 0.6 is 15.9 Å². The SMILES string of the molecule is CC(=O)OC(CBr)CCCCCCCCCCCCCCCN1CN(C)c2c1n(C)c(=O)[nH]c2=O. The van der Waals surface area contributed by atoms with Crippen molar-refractivity contribution in [3.8, 4) is 0 Å². The molecule has 0 bridgehead atoms. The van der Waals surface area contributed by atoms with Crippen molar-refractivity contribution in [2.75, 3.05) is 35.4 Å². The van der Waals surface area contributed by atoms with E-state index in [9.17, 15) is 14.4 Å². The summed E-state index contributed by atoms with van der Waals surface area (Å²) in [6.07, 6.45) is 17.3. The summed E-state index contributed by atoms with van der Waals surface area (Å²) in [6.45, 7) is 3.00. The molecule has 0 saturated heterocycles. The van der Waals surface area contributed by atoms with Gasteiger partial charge >= 0.3 is 11.7 Å². The number of unbranched alkanes of at least 4 members (excludes halogenated alkanes) is 12. The lowest BCUT2D eigenvalue weighted by molar-refractivity contribution is -0.145. The van der Waals surface area contributed by atoms with Crippen molar-refractivity contribution in [2.24, 2.45) is 7.05 Å². The molecule has 1 aliphatic rings. The number of carbonyl (C=O) groups excluding carboxylic acids is 1. The van der Waals surface area contributed by atoms with Gasteiger partial charge in [0.25, 0.3) is 5.56 Å². The summed E-state index contributed by atoms with van der Waals surface area (Å²) in [6, 6.07) is 0. The number of halogens is 1. The number of aromatic nitrogens is 2. The number of rotatable bonds is 18. The summed E-state index contributed by atoms with van der Waals surface area (Å²) in [5.74, 6) is 0.551. The maximum atomic E-state index is 12.2. The topological polar surface area (TPSA) is 87.6 Å². The number of anilines is 2. The van der Waals surface area contributed by atoms with Gasteiger partial charge in [0.05, 0.1) is 6.67 Å². The summed E-state index contributed by atoms with van der Waals surface area (Å²) in [7, 11) is 3.62. The lowest BCUT2D eigenvalue weighted by Crippen LogP contribution is -2.32. The second-order valence-electron chi connectivity index (χ2n) is 9.86. The molecular weight excluding hydrogens is 512 g/mol. The molecule has 1 aromatic heterocycles. The first-order valence-corrected chi connectivity index (χ1v) is 14.5. The molecule has 0 saturated carbocycles. The normalized spacial score (nSPS) is 13.8. The predicted octanol–water partition coefficient (Wildman–Crippen LogP) is 5.08. The number of nitrogens with zero attached hydrogens (tertiary/aromatic N) is 3. The number of ether oxygens (including phenoxy) is 1. The fourth-order valence-corrected chi connectivity index (χ4v) is 5.35. The number of fused-ring (bicyclic) bond motifs is 1. The fraction of sp³-hybridized carbons (Fsp3) is 0.808. The zero-order valence-electron chi connectivity index (χ0n) is 22.0. The molecule has 8 nitrogen and oxygen atoms in total. The average molecular weight is 558 g/mol. The van der Waals surface area contributed by atoms with Gasteiger partial charge in [-0.05, 0) is 19.3 Å². The first-order chi connectivity index (χ1) is 16.8. The largest absolute Gasteiger partial charge is 0.462 e. The molecule has 9 heteroatoms. The third-order valence-corrected chi connectivity index (χ3v) is 7.51. The highest BCUT2D eigenvalue weighted by Gasteiger charge is 2.28. The zero-order chi connectivity index (χ0) is 25.6. The Bertz CT molecular complexity index is 885. The standard InChI is InChI=1S/C26H45BrN4O4/c1-21(32)35-22(19-27)17-15-13-11-9-7-5-4-6-8-10-12-14-16-18-31-20-29(2)23-24(33)28-26(34)30(3)25(23)31/h22H,4-20H2,1-3H3,(H,28,33,34). The quantitative estimate of drug-likeness (QED) is 0.154. The minimum Gasteiger partial charge on any atom is -0.462 e. The Morgan fingerprint density at radius 2 is 1.43 bits per heavy atom. The van der Waals surface area contributed by atoms with E-state index < -0.39 is 0 Å². The number of nitrogens with one attached hydrogen (secondary N) is 1. The molecule has 2 heterocycles. The molecule has 0 aliphatic carbocycles. The van der Waals surface area contributed by atoms with Crippen LogP contribution in [0, 0.1) is 0 Å². The van der Waals surface area contributed by atoms with Crippen LogP contribution in [0.2, 0.25) is 0 Å². The van der Waals surface area contributed by atoms with Crippen molar-refractivity contribution in [1.29, 1.82) is 0 Å². The van der Waals surface area contributed by atoms with Crippen LogP contribution in [0.3, 0.4) is 0 Å². The monoisotopic (exact) mass is 556 g/mol. The van der Waals surface area contributed by atoms with Gasteiger partial charge in [0.15, 0.2) is 0 Å². The van der Waals surface area contributed by atoms with Crippen molar-refractivity contribution in [3.05, 3.63) is 20.8 Å². The Morgan fingerprint density at radius 1 is 0.914 bits per heavy atom. The van der Waals surface area contributed by atoms with Crippen LogP contribution in [0.5, 0.6) is 0 Å². The molecule has 1 atom stereocenters. The zero-order valence-corrected chi connectivity index (χ0v) is 23.5. The van der Waals surface area contributed by atoms with Crippen LogP contribution in [0.1, 0.15) is 96.8 Å². The van der Waals surface area contributed by atoms with Gasteiger partial charge < -0.3 is 14.5 Å².